The Hall–Kier alpha value is -1.47. The van der Waals surface area contributed by atoms with Crippen molar-refractivity contribution in [2.45, 2.75) is 17.3 Å². The highest BCUT2D eigenvalue weighted by atomic mass is 32.2. The Morgan fingerprint density at radius 3 is 2.83 bits per heavy atom. The van der Waals surface area contributed by atoms with Crippen molar-refractivity contribution in [2.24, 2.45) is 0 Å². The Balaban J connectivity index is 2.45. The van der Waals surface area contributed by atoms with Gasteiger partial charge in [-0.05, 0) is 19.1 Å². The number of furan rings is 1. The lowest BCUT2D eigenvalue weighted by Gasteiger charge is -2.09. The zero-order valence-electron chi connectivity index (χ0n) is 10.1. The number of hydrogen-bond donors (Lipinski definition) is 2. The summed E-state index contributed by atoms with van der Waals surface area (Å²) in [5.41, 5.74) is 0. The molecule has 1 atom stereocenters. The molecule has 1 heterocycles. The minimum absolute atomic E-state index is 0.135. The number of aromatic carboxylic acids is 1. The summed E-state index contributed by atoms with van der Waals surface area (Å²) >= 11 is 1.17. The van der Waals surface area contributed by atoms with Gasteiger partial charge in [-0.3, -0.25) is 4.79 Å². The fraction of sp³-hybridized carbons (Fsp3) is 0.455. The van der Waals surface area contributed by atoms with E-state index in [1.165, 1.54) is 23.9 Å². The zero-order valence-corrected chi connectivity index (χ0v) is 11.0. The fourth-order valence-electron chi connectivity index (χ4n) is 1.15. The summed E-state index contributed by atoms with van der Waals surface area (Å²) in [6, 6.07) is 2.90. The number of carboxylic acids is 1. The first kappa shape index (κ1) is 14.6. The monoisotopic (exact) mass is 273 g/mol. The molecule has 0 aliphatic rings. The number of nitrogens with one attached hydrogen (secondary N) is 1. The maximum Gasteiger partial charge on any atom is 0.371 e. The van der Waals surface area contributed by atoms with Crippen LogP contribution in [-0.4, -0.2) is 42.5 Å². The average molecular weight is 273 g/mol. The van der Waals surface area contributed by atoms with Gasteiger partial charge >= 0.3 is 5.97 Å². The van der Waals surface area contributed by atoms with Crippen LogP contribution in [0.3, 0.4) is 0 Å². The van der Waals surface area contributed by atoms with Gasteiger partial charge in [-0.1, -0.05) is 11.8 Å². The van der Waals surface area contributed by atoms with E-state index in [2.05, 4.69) is 5.32 Å². The van der Waals surface area contributed by atoms with E-state index < -0.39 is 5.97 Å². The molecule has 1 aromatic rings. The minimum atomic E-state index is -1.13. The van der Waals surface area contributed by atoms with Gasteiger partial charge in [-0.2, -0.15) is 0 Å². The lowest BCUT2D eigenvalue weighted by Crippen LogP contribution is -2.33. The highest BCUT2D eigenvalue weighted by Gasteiger charge is 2.17. The van der Waals surface area contributed by atoms with Crippen LogP contribution < -0.4 is 5.32 Å². The van der Waals surface area contributed by atoms with E-state index in [9.17, 15) is 9.59 Å². The predicted molar refractivity (Wildman–Crippen MR) is 65.9 cm³/mol. The van der Waals surface area contributed by atoms with E-state index in [-0.39, 0.29) is 16.9 Å². The molecule has 0 fully saturated rings. The molecular weight excluding hydrogens is 258 g/mol. The first-order valence-corrected chi connectivity index (χ1v) is 6.19. The van der Waals surface area contributed by atoms with Crippen LogP contribution in [0, 0.1) is 0 Å². The van der Waals surface area contributed by atoms with Crippen LogP contribution >= 0.6 is 11.8 Å². The second-order valence-electron chi connectivity index (χ2n) is 3.47. The van der Waals surface area contributed by atoms with Crippen LogP contribution in [0.2, 0.25) is 0 Å². The third-order valence-corrected chi connectivity index (χ3v) is 3.08. The molecule has 1 aromatic heterocycles. The van der Waals surface area contributed by atoms with Gasteiger partial charge in [0, 0.05) is 13.7 Å². The van der Waals surface area contributed by atoms with Gasteiger partial charge in [0.1, 0.15) is 0 Å². The largest absolute Gasteiger partial charge is 0.475 e. The fourth-order valence-corrected chi connectivity index (χ4v) is 1.97. The molecule has 18 heavy (non-hydrogen) atoms. The molecular formula is C11H15NO5S. The standard InChI is InChI=1S/C11H15NO5S/c1-7(10(13)12-5-6-16-2)18-9-4-3-8(17-9)11(14)15/h3-4,7H,5-6H2,1-2H3,(H,12,13)(H,14,15). The van der Waals surface area contributed by atoms with Gasteiger partial charge in [-0.25, -0.2) is 4.79 Å². The summed E-state index contributed by atoms with van der Waals surface area (Å²) in [5.74, 6) is -1.41. The minimum Gasteiger partial charge on any atom is -0.475 e. The van der Waals surface area contributed by atoms with Crippen molar-refractivity contribution < 1.29 is 23.8 Å². The Labute approximate surface area is 109 Å². The summed E-state index contributed by atoms with van der Waals surface area (Å²) in [7, 11) is 1.56. The van der Waals surface area contributed by atoms with E-state index in [4.69, 9.17) is 14.3 Å². The number of thioether (sulfide) groups is 1. The van der Waals surface area contributed by atoms with Gasteiger partial charge < -0.3 is 19.6 Å². The van der Waals surface area contributed by atoms with Crippen molar-refractivity contribution in [1.82, 2.24) is 5.32 Å². The zero-order chi connectivity index (χ0) is 13.5. The van der Waals surface area contributed by atoms with Crippen LogP contribution in [0.4, 0.5) is 0 Å². The number of carboxylic acid groups (broad SMARTS) is 1. The maximum absolute atomic E-state index is 11.6. The lowest BCUT2D eigenvalue weighted by molar-refractivity contribution is -0.120. The lowest BCUT2D eigenvalue weighted by atomic mass is 10.4. The molecule has 0 saturated carbocycles. The second kappa shape index (κ2) is 7.07. The quantitative estimate of drug-likeness (QED) is 0.573. The van der Waals surface area contributed by atoms with Gasteiger partial charge in [0.25, 0.3) is 0 Å². The molecule has 0 spiro atoms. The van der Waals surface area contributed by atoms with Crippen molar-refractivity contribution in [2.75, 3.05) is 20.3 Å². The van der Waals surface area contributed by atoms with Crippen molar-refractivity contribution in [1.29, 1.82) is 0 Å². The summed E-state index contributed by atoms with van der Waals surface area (Å²) < 4.78 is 9.86. The molecule has 2 N–H and O–H groups in total. The predicted octanol–water partition coefficient (Wildman–Crippen LogP) is 1.22. The average Bonchev–Trinajstić information content (AvgIpc) is 2.77. The maximum atomic E-state index is 11.6. The highest BCUT2D eigenvalue weighted by Crippen LogP contribution is 2.25. The third kappa shape index (κ3) is 4.42. The first-order chi connectivity index (χ1) is 8.54. The van der Waals surface area contributed by atoms with Gasteiger partial charge in [0.2, 0.25) is 11.7 Å². The molecule has 1 amide bonds. The van der Waals surface area contributed by atoms with Crippen LogP contribution in [0.15, 0.2) is 21.6 Å². The van der Waals surface area contributed by atoms with E-state index in [1.807, 2.05) is 0 Å². The number of rotatable bonds is 7. The smallest absolute Gasteiger partial charge is 0.371 e. The molecule has 6 nitrogen and oxygen atoms in total. The summed E-state index contributed by atoms with van der Waals surface area (Å²) in [6.45, 7) is 2.61. The van der Waals surface area contributed by atoms with Crippen molar-refractivity contribution in [3.8, 4) is 0 Å². The molecule has 100 valence electrons. The van der Waals surface area contributed by atoms with Gasteiger partial charge in [0.05, 0.1) is 11.9 Å². The number of methoxy groups -OCH3 is 1. The van der Waals surface area contributed by atoms with Crippen molar-refractivity contribution in [3.05, 3.63) is 17.9 Å². The first-order valence-electron chi connectivity index (χ1n) is 5.31. The van der Waals surface area contributed by atoms with Gasteiger partial charge in [-0.15, -0.1) is 0 Å². The molecule has 0 radical (unpaired) electrons. The molecule has 0 aliphatic heterocycles. The highest BCUT2D eigenvalue weighted by molar-refractivity contribution is 8.00. The van der Waals surface area contributed by atoms with E-state index in [0.717, 1.165) is 0 Å². The number of carbonyl (C=O) groups excluding carboxylic acids is 1. The molecule has 0 aliphatic carbocycles. The SMILES string of the molecule is COCCNC(=O)C(C)Sc1ccc(C(=O)O)o1. The van der Waals surface area contributed by atoms with E-state index >= 15 is 0 Å². The van der Waals surface area contributed by atoms with Crippen molar-refractivity contribution in [3.63, 3.8) is 0 Å². The Bertz CT molecular complexity index is 417. The number of amides is 1. The Kier molecular flexibility index (Phi) is 5.73. The van der Waals surface area contributed by atoms with Crippen LogP contribution in [0.5, 0.6) is 0 Å². The molecule has 0 aromatic carbocycles. The van der Waals surface area contributed by atoms with Crippen LogP contribution in [-0.2, 0) is 9.53 Å². The van der Waals surface area contributed by atoms with E-state index in [0.29, 0.717) is 18.2 Å². The number of ether oxygens (including phenoxy) is 1. The van der Waals surface area contributed by atoms with Crippen LogP contribution in [0.25, 0.3) is 0 Å². The summed E-state index contributed by atoms with van der Waals surface area (Å²) in [4.78, 5) is 22.2. The third-order valence-electron chi connectivity index (χ3n) is 2.06. The molecule has 1 unspecified atom stereocenters. The normalized spacial score (nSPS) is 12.1. The summed E-state index contributed by atoms with van der Waals surface area (Å²) in [5, 5.41) is 11.4. The molecule has 1 rings (SSSR count). The number of hydrogen-bond acceptors (Lipinski definition) is 5. The van der Waals surface area contributed by atoms with E-state index in [1.54, 1.807) is 14.0 Å². The molecule has 7 heteroatoms. The summed E-state index contributed by atoms with van der Waals surface area (Å²) in [6.07, 6.45) is 0. The topological polar surface area (TPSA) is 88.8 Å². The Morgan fingerprint density at radius 1 is 1.56 bits per heavy atom. The molecule has 0 bridgehead atoms. The van der Waals surface area contributed by atoms with Crippen LogP contribution in [0.1, 0.15) is 17.5 Å². The second-order valence-corrected chi connectivity index (χ2v) is 4.81. The van der Waals surface area contributed by atoms with Crippen molar-refractivity contribution >= 4 is 23.6 Å². The number of carbonyl (C=O) groups is 2. The van der Waals surface area contributed by atoms with Gasteiger partial charge in [0.15, 0.2) is 5.09 Å². The Morgan fingerprint density at radius 2 is 2.28 bits per heavy atom. The molecule has 0 saturated heterocycles.